The standard InChI is InChI=1S/C12H12N2O2/c1-8(15)5-9-3-2-4-10(6-9)11-7-13-12(16)14-11/h2-4,6-7H,5H2,1H3,(H2,13,14,16). The molecule has 0 amide bonds. The van der Waals surface area contributed by atoms with Crippen molar-refractivity contribution in [2.24, 2.45) is 0 Å². The van der Waals surface area contributed by atoms with Gasteiger partial charge in [0, 0.05) is 12.6 Å². The van der Waals surface area contributed by atoms with Crippen LogP contribution in [0.1, 0.15) is 12.5 Å². The molecule has 4 heteroatoms. The van der Waals surface area contributed by atoms with Crippen molar-refractivity contribution in [1.82, 2.24) is 9.97 Å². The molecule has 0 radical (unpaired) electrons. The van der Waals surface area contributed by atoms with Gasteiger partial charge in [-0.25, -0.2) is 4.79 Å². The van der Waals surface area contributed by atoms with Crippen molar-refractivity contribution in [2.75, 3.05) is 0 Å². The monoisotopic (exact) mass is 216 g/mol. The molecule has 1 heterocycles. The summed E-state index contributed by atoms with van der Waals surface area (Å²) in [7, 11) is 0. The summed E-state index contributed by atoms with van der Waals surface area (Å²) in [4.78, 5) is 27.2. The van der Waals surface area contributed by atoms with Crippen LogP contribution in [0.15, 0.2) is 35.3 Å². The zero-order valence-corrected chi connectivity index (χ0v) is 8.91. The predicted octanol–water partition coefficient (Wildman–Crippen LogP) is 1.50. The number of H-pyrrole nitrogens is 2. The van der Waals surface area contributed by atoms with Crippen LogP contribution in [0.3, 0.4) is 0 Å². The van der Waals surface area contributed by atoms with E-state index in [1.54, 1.807) is 13.1 Å². The molecule has 0 unspecified atom stereocenters. The highest BCUT2D eigenvalue weighted by Crippen LogP contribution is 2.16. The number of ketones is 1. The van der Waals surface area contributed by atoms with Gasteiger partial charge >= 0.3 is 5.69 Å². The summed E-state index contributed by atoms with van der Waals surface area (Å²) in [6, 6.07) is 7.57. The number of rotatable bonds is 3. The SMILES string of the molecule is CC(=O)Cc1cccc(-c2c[nH]c(=O)[nH]2)c1. The van der Waals surface area contributed by atoms with E-state index in [1.165, 1.54) is 0 Å². The van der Waals surface area contributed by atoms with E-state index < -0.39 is 0 Å². The molecule has 0 bridgehead atoms. The fourth-order valence-corrected chi connectivity index (χ4v) is 1.62. The van der Waals surface area contributed by atoms with E-state index in [0.717, 1.165) is 16.8 Å². The molecule has 0 saturated heterocycles. The Kier molecular flexibility index (Phi) is 2.72. The molecule has 1 aromatic heterocycles. The molecule has 2 rings (SSSR count). The summed E-state index contributed by atoms with van der Waals surface area (Å²) in [5, 5.41) is 0. The Labute approximate surface area is 92.3 Å². The molecule has 0 aliphatic rings. The number of aromatic amines is 2. The summed E-state index contributed by atoms with van der Waals surface area (Å²) < 4.78 is 0. The van der Waals surface area contributed by atoms with Gasteiger partial charge in [-0.2, -0.15) is 0 Å². The van der Waals surface area contributed by atoms with Gasteiger partial charge in [0.15, 0.2) is 0 Å². The van der Waals surface area contributed by atoms with E-state index in [-0.39, 0.29) is 11.5 Å². The summed E-state index contributed by atoms with van der Waals surface area (Å²) >= 11 is 0. The third-order valence-corrected chi connectivity index (χ3v) is 2.29. The minimum atomic E-state index is -0.230. The van der Waals surface area contributed by atoms with Gasteiger partial charge in [-0.3, -0.25) is 4.79 Å². The topological polar surface area (TPSA) is 65.7 Å². The molecule has 0 aliphatic carbocycles. The average Bonchev–Trinajstić information content (AvgIpc) is 2.64. The number of hydrogen-bond donors (Lipinski definition) is 2. The molecule has 0 aliphatic heterocycles. The minimum Gasteiger partial charge on any atom is -0.312 e. The molecule has 2 N–H and O–H groups in total. The van der Waals surface area contributed by atoms with Crippen LogP contribution in [0.2, 0.25) is 0 Å². The van der Waals surface area contributed by atoms with Crippen LogP contribution >= 0.6 is 0 Å². The van der Waals surface area contributed by atoms with Crippen molar-refractivity contribution in [3.8, 4) is 11.3 Å². The lowest BCUT2D eigenvalue weighted by atomic mass is 10.1. The molecule has 82 valence electrons. The van der Waals surface area contributed by atoms with E-state index in [9.17, 15) is 9.59 Å². The van der Waals surface area contributed by atoms with Crippen LogP contribution in [-0.4, -0.2) is 15.8 Å². The number of carbonyl (C=O) groups excluding carboxylic acids is 1. The molecule has 1 aromatic carbocycles. The normalized spacial score (nSPS) is 10.3. The average molecular weight is 216 g/mol. The quantitative estimate of drug-likeness (QED) is 0.816. The van der Waals surface area contributed by atoms with Crippen molar-refractivity contribution in [2.45, 2.75) is 13.3 Å². The number of aromatic nitrogens is 2. The number of Topliss-reactive ketones (excluding diaryl/α,β-unsaturated/α-hetero) is 1. The van der Waals surface area contributed by atoms with E-state index >= 15 is 0 Å². The second-order valence-corrected chi connectivity index (χ2v) is 3.74. The third-order valence-electron chi connectivity index (χ3n) is 2.29. The number of benzene rings is 1. The summed E-state index contributed by atoms with van der Waals surface area (Å²) in [6.45, 7) is 1.56. The van der Waals surface area contributed by atoms with E-state index in [1.807, 2.05) is 24.3 Å². The number of nitrogens with one attached hydrogen (secondary N) is 2. The van der Waals surface area contributed by atoms with E-state index in [0.29, 0.717) is 6.42 Å². The number of carbonyl (C=O) groups is 1. The molecule has 4 nitrogen and oxygen atoms in total. The second kappa shape index (κ2) is 4.18. The Balaban J connectivity index is 2.35. The van der Waals surface area contributed by atoms with Gasteiger partial charge in [-0.15, -0.1) is 0 Å². The maximum atomic E-state index is 11.0. The predicted molar refractivity (Wildman–Crippen MR) is 61.2 cm³/mol. The van der Waals surface area contributed by atoms with E-state index in [2.05, 4.69) is 9.97 Å². The van der Waals surface area contributed by atoms with Gasteiger partial charge in [0.1, 0.15) is 5.78 Å². The van der Waals surface area contributed by atoms with Gasteiger partial charge in [-0.1, -0.05) is 18.2 Å². The highest BCUT2D eigenvalue weighted by molar-refractivity contribution is 5.78. The lowest BCUT2D eigenvalue weighted by molar-refractivity contribution is -0.116. The van der Waals surface area contributed by atoms with Crippen molar-refractivity contribution in [1.29, 1.82) is 0 Å². The first-order chi connectivity index (χ1) is 7.65. The van der Waals surface area contributed by atoms with Crippen molar-refractivity contribution >= 4 is 5.78 Å². The molecule has 0 spiro atoms. The Hall–Kier alpha value is -2.10. The van der Waals surface area contributed by atoms with Crippen LogP contribution in [0.4, 0.5) is 0 Å². The van der Waals surface area contributed by atoms with Gasteiger partial charge in [0.2, 0.25) is 0 Å². The van der Waals surface area contributed by atoms with Crippen molar-refractivity contribution in [3.05, 3.63) is 46.5 Å². The highest BCUT2D eigenvalue weighted by atomic mass is 16.1. The summed E-state index contributed by atoms with van der Waals surface area (Å²) in [6.07, 6.45) is 2.04. The first kappa shape index (κ1) is 10.4. The maximum absolute atomic E-state index is 11.0. The Morgan fingerprint density at radius 1 is 1.38 bits per heavy atom. The fourth-order valence-electron chi connectivity index (χ4n) is 1.62. The van der Waals surface area contributed by atoms with E-state index in [4.69, 9.17) is 0 Å². The molecule has 2 aromatic rings. The Bertz CT molecular complexity index is 566. The van der Waals surface area contributed by atoms with Gasteiger partial charge < -0.3 is 9.97 Å². The number of imidazole rings is 1. The molecular weight excluding hydrogens is 204 g/mol. The van der Waals surface area contributed by atoms with Crippen LogP contribution in [-0.2, 0) is 11.2 Å². The van der Waals surface area contributed by atoms with Crippen LogP contribution in [0.25, 0.3) is 11.3 Å². The first-order valence-corrected chi connectivity index (χ1v) is 5.01. The molecular formula is C12H12N2O2. The zero-order valence-electron chi connectivity index (χ0n) is 8.91. The molecule has 0 atom stereocenters. The second-order valence-electron chi connectivity index (χ2n) is 3.74. The number of hydrogen-bond acceptors (Lipinski definition) is 2. The largest absolute Gasteiger partial charge is 0.323 e. The molecule has 0 saturated carbocycles. The van der Waals surface area contributed by atoms with Crippen molar-refractivity contribution in [3.63, 3.8) is 0 Å². The van der Waals surface area contributed by atoms with Gasteiger partial charge in [0.25, 0.3) is 0 Å². The molecule has 0 fully saturated rings. The third kappa shape index (κ3) is 2.28. The molecule has 16 heavy (non-hydrogen) atoms. The Morgan fingerprint density at radius 3 is 2.81 bits per heavy atom. The van der Waals surface area contributed by atoms with Crippen LogP contribution in [0, 0.1) is 0 Å². The first-order valence-electron chi connectivity index (χ1n) is 5.01. The smallest absolute Gasteiger partial charge is 0.312 e. The lowest BCUT2D eigenvalue weighted by Crippen LogP contribution is -2.00. The van der Waals surface area contributed by atoms with Crippen molar-refractivity contribution < 1.29 is 4.79 Å². The Morgan fingerprint density at radius 2 is 2.19 bits per heavy atom. The summed E-state index contributed by atoms with van der Waals surface area (Å²) in [5.41, 5.74) is 2.35. The highest BCUT2D eigenvalue weighted by Gasteiger charge is 2.02. The minimum absolute atomic E-state index is 0.125. The van der Waals surface area contributed by atoms with Gasteiger partial charge in [0.05, 0.1) is 5.69 Å². The zero-order chi connectivity index (χ0) is 11.5. The summed E-state index contributed by atoms with van der Waals surface area (Å²) in [5.74, 6) is 0.125. The van der Waals surface area contributed by atoms with Gasteiger partial charge in [-0.05, 0) is 24.1 Å². The fraction of sp³-hybridized carbons (Fsp3) is 0.167. The lowest BCUT2D eigenvalue weighted by Gasteiger charge is -2.01. The van der Waals surface area contributed by atoms with Crippen LogP contribution < -0.4 is 5.69 Å². The van der Waals surface area contributed by atoms with Crippen LogP contribution in [0.5, 0.6) is 0 Å². The maximum Gasteiger partial charge on any atom is 0.323 e.